The second kappa shape index (κ2) is 5.73. The molecule has 2 rings (SSSR count). The Bertz CT molecular complexity index is 582. The third kappa shape index (κ3) is 3.25. The Hall–Kier alpha value is -1.04. The molecule has 18 heavy (non-hydrogen) atoms. The van der Waals surface area contributed by atoms with Crippen molar-refractivity contribution in [3.63, 3.8) is 0 Å². The van der Waals surface area contributed by atoms with Crippen molar-refractivity contribution < 1.29 is 14.6 Å². The standard InChI is InChI=1S/C12H8BrClO3S/c13-7-3-9(18-6-7)5-17-11-4-8(14)1-2-10(11)12(15)16/h1-4,6H,5H2,(H,15,16). The van der Waals surface area contributed by atoms with E-state index in [4.69, 9.17) is 21.4 Å². The minimum atomic E-state index is -1.03. The van der Waals surface area contributed by atoms with Crippen LogP contribution in [-0.2, 0) is 6.61 Å². The monoisotopic (exact) mass is 346 g/mol. The summed E-state index contributed by atoms with van der Waals surface area (Å²) in [7, 11) is 0. The zero-order chi connectivity index (χ0) is 13.1. The molecule has 2 aromatic rings. The van der Waals surface area contributed by atoms with Crippen molar-refractivity contribution in [3.8, 4) is 5.75 Å². The van der Waals surface area contributed by atoms with Crippen molar-refractivity contribution in [3.05, 3.63) is 49.6 Å². The van der Waals surface area contributed by atoms with Gasteiger partial charge in [-0.15, -0.1) is 11.3 Å². The van der Waals surface area contributed by atoms with Crippen molar-refractivity contribution in [2.45, 2.75) is 6.61 Å². The molecule has 1 aromatic heterocycles. The van der Waals surface area contributed by atoms with Crippen molar-refractivity contribution in [1.82, 2.24) is 0 Å². The first-order chi connectivity index (χ1) is 8.56. The summed E-state index contributed by atoms with van der Waals surface area (Å²) in [5.74, 6) is -0.756. The van der Waals surface area contributed by atoms with Gasteiger partial charge in [0.05, 0.1) is 0 Å². The molecule has 3 nitrogen and oxygen atoms in total. The summed E-state index contributed by atoms with van der Waals surface area (Å²) in [6.45, 7) is 0.316. The molecule has 0 unspecified atom stereocenters. The van der Waals surface area contributed by atoms with E-state index >= 15 is 0 Å². The summed E-state index contributed by atoms with van der Waals surface area (Å²) in [6, 6.07) is 6.40. The van der Waals surface area contributed by atoms with E-state index < -0.39 is 5.97 Å². The molecule has 0 bridgehead atoms. The fraction of sp³-hybridized carbons (Fsp3) is 0.0833. The highest BCUT2D eigenvalue weighted by Crippen LogP contribution is 2.26. The first-order valence-electron chi connectivity index (χ1n) is 4.95. The predicted molar refractivity (Wildman–Crippen MR) is 74.8 cm³/mol. The van der Waals surface area contributed by atoms with Crippen LogP contribution in [0.2, 0.25) is 5.02 Å². The van der Waals surface area contributed by atoms with E-state index in [9.17, 15) is 4.79 Å². The Labute approximate surface area is 121 Å². The van der Waals surface area contributed by atoms with Crippen LogP contribution in [0, 0.1) is 0 Å². The van der Waals surface area contributed by atoms with Crippen LogP contribution >= 0.6 is 38.9 Å². The number of halogens is 2. The van der Waals surface area contributed by atoms with E-state index in [1.807, 2.05) is 11.4 Å². The van der Waals surface area contributed by atoms with Gasteiger partial charge in [-0.2, -0.15) is 0 Å². The lowest BCUT2D eigenvalue weighted by molar-refractivity contribution is 0.0692. The topological polar surface area (TPSA) is 46.5 Å². The summed E-state index contributed by atoms with van der Waals surface area (Å²) in [4.78, 5) is 12.0. The quantitative estimate of drug-likeness (QED) is 0.889. The summed E-state index contributed by atoms with van der Waals surface area (Å²) in [6.07, 6.45) is 0. The highest BCUT2D eigenvalue weighted by atomic mass is 79.9. The van der Waals surface area contributed by atoms with Crippen LogP contribution < -0.4 is 4.74 Å². The second-order valence-corrected chi connectivity index (χ2v) is 5.81. The van der Waals surface area contributed by atoms with Gasteiger partial charge in [0.15, 0.2) is 0 Å². The Morgan fingerprint density at radius 3 is 2.83 bits per heavy atom. The number of carboxylic acids is 1. The van der Waals surface area contributed by atoms with Crippen molar-refractivity contribution in [1.29, 1.82) is 0 Å². The van der Waals surface area contributed by atoms with Gasteiger partial charge in [0.1, 0.15) is 17.9 Å². The molecule has 1 aromatic carbocycles. The Morgan fingerprint density at radius 2 is 2.22 bits per heavy atom. The number of rotatable bonds is 4. The molecular weight excluding hydrogens is 340 g/mol. The molecule has 0 aliphatic heterocycles. The van der Waals surface area contributed by atoms with Gasteiger partial charge in [0, 0.05) is 19.8 Å². The average molecular weight is 348 g/mol. The molecule has 0 saturated carbocycles. The van der Waals surface area contributed by atoms with Crippen molar-refractivity contribution >= 4 is 44.8 Å². The molecule has 0 atom stereocenters. The lowest BCUT2D eigenvalue weighted by Gasteiger charge is -2.08. The van der Waals surface area contributed by atoms with Crippen LogP contribution in [0.4, 0.5) is 0 Å². The Kier molecular flexibility index (Phi) is 4.27. The fourth-order valence-electron chi connectivity index (χ4n) is 1.37. The number of thiophene rings is 1. The van der Waals surface area contributed by atoms with Gasteiger partial charge in [-0.25, -0.2) is 4.79 Å². The van der Waals surface area contributed by atoms with Gasteiger partial charge in [-0.1, -0.05) is 11.6 Å². The number of hydrogen-bond acceptors (Lipinski definition) is 3. The Balaban J connectivity index is 2.17. The molecular formula is C12H8BrClO3S. The largest absolute Gasteiger partial charge is 0.487 e. The van der Waals surface area contributed by atoms with E-state index in [0.29, 0.717) is 11.6 Å². The number of aromatic carboxylic acids is 1. The maximum absolute atomic E-state index is 11.0. The normalized spacial score (nSPS) is 10.3. The summed E-state index contributed by atoms with van der Waals surface area (Å²) in [5.41, 5.74) is 0.107. The van der Waals surface area contributed by atoms with Crippen molar-refractivity contribution in [2.75, 3.05) is 0 Å². The minimum Gasteiger partial charge on any atom is -0.487 e. The summed E-state index contributed by atoms with van der Waals surface area (Å²) < 4.78 is 6.49. The first-order valence-corrected chi connectivity index (χ1v) is 7.00. The molecule has 0 amide bonds. The van der Waals surface area contributed by atoms with E-state index in [1.54, 1.807) is 0 Å². The van der Waals surface area contributed by atoms with E-state index in [-0.39, 0.29) is 11.3 Å². The highest BCUT2D eigenvalue weighted by molar-refractivity contribution is 9.10. The lowest BCUT2D eigenvalue weighted by Crippen LogP contribution is -2.02. The smallest absolute Gasteiger partial charge is 0.339 e. The third-order valence-corrected chi connectivity index (χ3v) is 4.07. The van der Waals surface area contributed by atoms with Gasteiger partial charge < -0.3 is 9.84 Å². The van der Waals surface area contributed by atoms with Gasteiger partial charge in [-0.05, 0) is 40.2 Å². The van der Waals surface area contributed by atoms with Gasteiger partial charge in [0.2, 0.25) is 0 Å². The van der Waals surface area contributed by atoms with E-state index in [2.05, 4.69) is 15.9 Å². The molecule has 1 N–H and O–H groups in total. The molecule has 0 aliphatic carbocycles. The summed E-state index contributed by atoms with van der Waals surface area (Å²) in [5, 5.41) is 11.4. The number of carboxylic acid groups (broad SMARTS) is 1. The average Bonchev–Trinajstić information content (AvgIpc) is 2.72. The maximum atomic E-state index is 11.0. The minimum absolute atomic E-state index is 0.107. The van der Waals surface area contributed by atoms with Gasteiger partial charge in [-0.3, -0.25) is 0 Å². The highest BCUT2D eigenvalue weighted by Gasteiger charge is 2.12. The first kappa shape index (κ1) is 13.4. The molecule has 0 spiro atoms. The zero-order valence-corrected chi connectivity index (χ0v) is 12.2. The molecule has 94 valence electrons. The van der Waals surface area contributed by atoms with Gasteiger partial charge >= 0.3 is 5.97 Å². The van der Waals surface area contributed by atoms with Gasteiger partial charge in [0.25, 0.3) is 0 Å². The predicted octanol–water partition coefficient (Wildman–Crippen LogP) is 4.44. The number of benzene rings is 1. The SMILES string of the molecule is O=C(O)c1ccc(Cl)cc1OCc1cc(Br)cs1. The lowest BCUT2D eigenvalue weighted by atomic mass is 10.2. The van der Waals surface area contributed by atoms with Crippen LogP contribution in [0.5, 0.6) is 5.75 Å². The second-order valence-electron chi connectivity index (χ2n) is 3.47. The molecule has 0 aliphatic rings. The maximum Gasteiger partial charge on any atom is 0.339 e. The molecule has 1 heterocycles. The van der Waals surface area contributed by atoms with Crippen LogP contribution in [0.3, 0.4) is 0 Å². The van der Waals surface area contributed by atoms with Crippen LogP contribution in [0.15, 0.2) is 34.1 Å². The number of carbonyl (C=O) groups is 1. The van der Waals surface area contributed by atoms with E-state index in [0.717, 1.165) is 9.35 Å². The Morgan fingerprint density at radius 1 is 1.44 bits per heavy atom. The molecule has 6 heteroatoms. The van der Waals surface area contributed by atoms with Crippen LogP contribution in [-0.4, -0.2) is 11.1 Å². The summed E-state index contributed by atoms with van der Waals surface area (Å²) >= 11 is 10.7. The van der Waals surface area contributed by atoms with Crippen LogP contribution in [0.25, 0.3) is 0 Å². The third-order valence-electron chi connectivity index (χ3n) is 2.17. The molecule has 0 saturated heterocycles. The van der Waals surface area contributed by atoms with Crippen LogP contribution in [0.1, 0.15) is 15.2 Å². The zero-order valence-electron chi connectivity index (χ0n) is 9.02. The molecule has 0 radical (unpaired) electrons. The van der Waals surface area contributed by atoms with Crippen molar-refractivity contribution in [2.24, 2.45) is 0 Å². The number of ether oxygens (including phenoxy) is 1. The number of hydrogen-bond donors (Lipinski definition) is 1. The molecule has 0 fully saturated rings. The van der Waals surface area contributed by atoms with E-state index in [1.165, 1.54) is 29.5 Å². The fourth-order valence-corrected chi connectivity index (χ4v) is 2.89.